The van der Waals surface area contributed by atoms with Crippen LogP contribution < -0.4 is 19.1 Å². The first-order valence-corrected chi connectivity index (χ1v) is 16.2. The number of hydrogen-bond acceptors (Lipinski definition) is 10. The van der Waals surface area contributed by atoms with Crippen LogP contribution >= 0.6 is 23.1 Å². The number of aliphatic hydroxyl groups excluding tert-OH is 1. The Kier molecular flexibility index (Phi) is 10.4. The Morgan fingerprint density at radius 3 is 2.51 bits per heavy atom. The number of ketones is 1. The topological polar surface area (TPSA) is 111 Å². The molecule has 1 unspecified atom stereocenters. The summed E-state index contributed by atoms with van der Waals surface area (Å²) in [6.07, 6.45) is 1.90. The summed E-state index contributed by atoms with van der Waals surface area (Å²) in [6, 6.07) is 17.2. The number of Topliss-reactive ketones (excluding diaryl/α,β-unsaturated/α-hetero) is 1. The molecule has 1 fully saturated rings. The van der Waals surface area contributed by atoms with Crippen molar-refractivity contribution in [1.82, 2.24) is 10.2 Å². The number of rotatable bonds is 13. The Morgan fingerprint density at radius 2 is 1.80 bits per heavy atom. The van der Waals surface area contributed by atoms with E-state index in [2.05, 4.69) is 17.1 Å². The summed E-state index contributed by atoms with van der Waals surface area (Å²) >= 11 is 2.36. The van der Waals surface area contributed by atoms with Gasteiger partial charge in [0.1, 0.15) is 17.3 Å². The fourth-order valence-electron chi connectivity index (χ4n) is 4.79. The van der Waals surface area contributed by atoms with Crippen LogP contribution in [0.5, 0.6) is 17.2 Å². The van der Waals surface area contributed by atoms with Crippen LogP contribution in [0.1, 0.15) is 49.4 Å². The normalized spacial score (nSPS) is 15.8. The fraction of sp³-hybridized carbons (Fsp3) is 0.273. The summed E-state index contributed by atoms with van der Waals surface area (Å²) in [5, 5.41) is 20.1. The van der Waals surface area contributed by atoms with Crippen molar-refractivity contribution in [3.63, 3.8) is 0 Å². The van der Waals surface area contributed by atoms with E-state index in [0.29, 0.717) is 57.2 Å². The summed E-state index contributed by atoms with van der Waals surface area (Å²) in [5.41, 5.74) is 1.23. The third-order valence-corrected chi connectivity index (χ3v) is 9.16. The smallest absolute Gasteiger partial charge is 0.301 e. The molecule has 1 aliphatic heterocycles. The van der Waals surface area contributed by atoms with Gasteiger partial charge in [-0.15, -0.1) is 10.2 Å². The first-order chi connectivity index (χ1) is 21.9. The lowest BCUT2D eigenvalue weighted by Crippen LogP contribution is -2.29. The maximum Gasteiger partial charge on any atom is 0.301 e. The average molecular weight is 650 g/mol. The van der Waals surface area contributed by atoms with Crippen LogP contribution in [0.4, 0.5) is 9.52 Å². The average Bonchev–Trinajstić information content (AvgIpc) is 3.62. The van der Waals surface area contributed by atoms with Gasteiger partial charge in [-0.3, -0.25) is 14.5 Å². The second-order valence-electron chi connectivity index (χ2n) is 9.97. The number of amides is 1. The van der Waals surface area contributed by atoms with Crippen molar-refractivity contribution in [3.05, 3.63) is 94.8 Å². The first-order valence-electron chi connectivity index (χ1n) is 14.4. The second kappa shape index (κ2) is 14.6. The summed E-state index contributed by atoms with van der Waals surface area (Å²) in [4.78, 5) is 28.5. The van der Waals surface area contributed by atoms with E-state index in [-0.39, 0.29) is 22.3 Å². The molecule has 0 radical (unpaired) electrons. The minimum Gasteiger partial charge on any atom is -0.507 e. The Labute approximate surface area is 268 Å². The van der Waals surface area contributed by atoms with Crippen molar-refractivity contribution >= 4 is 45.7 Å². The van der Waals surface area contributed by atoms with Gasteiger partial charge in [-0.05, 0) is 66.9 Å². The van der Waals surface area contributed by atoms with Gasteiger partial charge in [0.15, 0.2) is 15.8 Å². The lowest BCUT2D eigenvalue weighted by atomic mass is 9.95. The summed E-state index contributed by atoms with van der Waals surface area (Å²) in [6.45, 7) is 4.89. The fourth-order valence-corrected chi connectivity index (χ4v) is 6.64. The van der Waals surface area contributed by atoms with Gasteiger partial charge < -0.3 is 19.3 Å². The minimum atomic E-state index is -1.05. The third kappa shape index (κ3) is 6.97. The Balaban J connectivity index is 1.54. The molecule has 9 nitrogen and oxygen atoms in total. The molecule has 1 aliphatic rings. The molecule has 5 rings (SSSR count). The molecule has 2 heterocycles. The Morgan fingerprint density at radius 1 is 1.02 bits per heavy atom. The third-order valence-electron chi connectivity index (χ3n) is 7.05. The number of halogens is 1. The van der Waals surface area contributed by atoms with Crippen LogP contribution in [0.15, 0.2) is 76.6 Å². The van der Waals surface area contributed by atoms with E-state index in [1.807, 2.05) is 6.92 Å². The van der Waals surface area contributed by atoms with Crippen LogP contribution in [0, 0.1) is 5.82 Å². The number of carbonyl (C=O) groups excluding carboxylic acids is 2. The number of methoxy groups -OCH3 is 1. The van der Waals surface area contributed by atoms with Crippen molar-refractivity contribution in [3.8, 4) is 17.2 Å². The van der Waals surface area contributed by atoms with E-state index >= 15 is 0 Å². The zero-order chi connectivity index (χ0) is 31.9. The molecule has 12 heteroatoms. The van der Waals surface area contributed by atoms with E-state index in [4.69, 9.17) is 14.2 Å². The quantitative estimate of drug-likeness (QED) is 0.0402. The number of hydrogen-bond donors (Lipinski definition) is 1. The van der Waals surface area contributed by atoms with E-state index in [1.165, 1.54) is 29.8 Å². The van der Waals surface area contributed by atoms with Crippen molar-refractivity contribution in [2.24, 2.45) is 0 Å². The van der Waals surface area contributed by atoms with E-state index < -0.39 is 17.7 Å². The summed E-state index contributed by atoms with van der Waals surface area (Å²) in [7, 11) is 1.49. The van der Waals surface area contributed by atoms with Gasteiger partial charge in [-0.1, -0.05) is 60.7 Å². The molecule has 1 aromatic heterocycles. The summed E-state index contributed by atoms with van der Waals surface area (Å²) in [5.74, 6) is -0.591. The predicted octanol–water partition coefficient (Wildman–Crippen LogP) is 7.18. The maximum atomic E-state index is 14.2. The van der Waals surface area contributed by atoms with Gasteiger partial charge in [0.25, 0.3) is 5.78 Å². The molecule has 0 saturated carbocycles. The van der Waals surface area contributed by atoms with Crippen LogP contribution in [0.3, 0.4) is 0 Å². The number of carbonyl (C=O) groups is 2. The molecule has 3 aromatic carbocycles. The van der Waals surface area contributed by atoms with Gasteiger partial charge >= 0.3 is 5.91 Å². The highest BCUT2D eigenvalue weighted by Crippen LogP contribution is 2.45. The van der Waals surface area contributed by atoms with E-state index in [9.17, 15) is 19.1 Å². The highest BCUT2D eigenvalue weighted by Gasteiger charge is 2.48. The number of nitrogens with zero attached hydrogens (tertiary/aromatic N) is 3. The zero-order valence-electron chi connectivity index (χ0n) is 25.0. The summed E-state index contributed by atoms with van der Waals surface area (Å²) < 4.78 is 31.6. The number of aromatic nitrogens is 2. The van der Waals surface area contributed by atoms with E-state index in [1.54, 1.807) is 60.7 Å². The molecular formula is C33H32FN3O6S2. The number of anilines is 1. The van der Waals surface area contributed by atoms with Gasteiger partial charge in [-0.2, -0.15) is 0 Å². The van der Waals surface area contributed by atoms with Gasteiger partial charge in [-0.25, -0.2) is 4.39 Å². The molecule has 0 bridgehead atoms. The number of ether oxygens (including phenoxy) is 3. The molecule has 0 spiro atoms. The second-order valence-corrected chi connectivity index (χ2v) is 12.1. The maximum absolute atomic E-state index is 14.2. The molecular weight excluding hydrogens is 618 g/mol. The van der Waals surface area contributed by atoms with Crippen molar-refractivity contribution < 1.29 is 33.3 Å². The van der Waals surface area contributed by atoms with Gasteiger partial charge in [0.05, 0.1) is 31.9 Å². The van der Waals surface area contributed by atoms with Crippen LogP contribution in [0.25, 0.3) is 5.76 Å². The highest BCUT2D eigenvalue weighted by atomic mass is 32.2. The largest absolute Gasteiger partial charge is 0.507 e. The number of thioether (sulfide) groups is 1. The molecule has 45 heavy (non-hydrogen) atoms. The predicted molar refractivity (Wildman–Crippen MR) is 172 cm³/mol. The SMILES string of the molecule is CCCCOc1ccc(/C(O)=C2/C(=O)C(=O)N(c3nnc(SCc4ccccc4F)s3)C2c2ccc(OCC)c(OC)c2)cc1. The van der Waals surface area contributed by atoms with Gasteiger partial charge in [0.2, 0.25) is 5.13 Å². The van der Waals surface area contributed by atoms with Crippen molar-refractivity contribution in [2.75, 3.05) is 25.2 Å². The molecule has 4 aromatic rings. The number of aliphatic hydroxyl groups is 1. The Bertz CT molecular complexity index is 1710. The van der Waals surface area contributed by atoms with Crippen molar-refractivity contribution in [1.29, 1.82) is 0 Å². The molecule has 1 atom stereocenters. The molecule has 0 aliphatic carbocycles. The van der Waals surface area contributed by atoms with Crippen molar-refractivity contribution in [2.45, 2.75) is 42.8 Å². The molecule has 1 saturated heterocycles. The van der Waals surface area contributed by atoms with E-state index in [0.717, 1.165) is 24.2 Å². The highest BCUT2D eigenvalue weighted by molar-refractivity contribution is 8.00. The van der Waals surface area contributed by atoms with Crippen LogP contribution in [-0.4, -0.2) is 47.3 Å². The monoisotopic (exact) mass is 649 g/mol. The van der Waals surface area contributed by atoms with Crippen LogP contribution in [-0.2, 0) is 15.3 Å². The lowest BCUT2D eigenvalue weighted by molar-refractivity contribution is -0.132. The standard InChI is InChI=1S/C33H32FN3O6S2/c1-4-6-17-43-23-14-11-20(12-15-23)29(38)27-28(21-13-16-25(42-5-2)26(18-21)41-3)37(31(40)30(27)39)32-35-36-33(45-32)44-19-22-9-7-8-10-24(22)34/h7-16,18,28,38H,4-6,17,19H2,1-3H3/b29-27-. The lowest BCUT2D eigenvalue weighted by Gasteiger charge is -2.23. The Hall–Kier alpha value is -4.42. The molecule has 234 valence electrons. The zero-order valence-corrected chi connectivity index (χ0v) is 26.6. The molecule has 1 N–H and O–H groups in total. The van der Waals surface area contributed by atoms with Crippen LogP contribution in [0.2, 0.25) is 0 Å². The minimum absolute atomic E-state index is 0.110. The number of unbranched alkanes of at least 4 members (excludes halogenated alkanes) is 1. The first kappa shape index (κ1) is 32.0. The molecule has 1 amide bonds. The number of benzene rings is 3. The van der Waals surface area contributed by atoms with Gasteiger partial charge in [0, 0.05) is 11.3 Å².